The second-order valence-electron chi connectivity index (χ2n) is 5.98. The first-order valence-electron chi connectivity index (χ1n) is 7.70. The zero-order chi connectivity index (χ0) is 16.4. The highest BCUT2D eigenvalue weighted by atomic mass is 19.3. The van der Waals surface area contributed by atoms with Crippen molar-refractivity contribution in [3.63, 3.8) is 0 Å². The van der Waals surface area contributed by atoms with Crippen LogP contribution in [0.15, 0.2) is 23.5 Å². The Morgan fingerprint density at radius 1 is 1.18 bits per heavy atom. The molecule has 1 saturated heterocycles. The Bertz CT molecular complexity index is 449. The molecule has 1 aliphatic carbocycles. The molecule has 126 valence electrons. The molecule has 22 heavy (non-hydrogen) atoms. The number of rotatable bonds is 5. The molecule has 0 amide bonds. The van der Waals surface area contributed by atoms with Gasteiger partial charge in [0.05, 0.1) is 12.7 Å². The fourth-order valence-corrected chi connectivity index (χ4v) is 2.76. The van der Waals surface area contributed by atoms with Gasteiger partial charge in [0, 0.05) is 12.2 Å². The fourth-order valence-electron chi connectivity index (χ4n) is 2.76. The third-order valence-electron chi connectivity index (χ3n) is 4.18. The summed E-state index contributed by atoms with van der Waals surface area (Å²) in [5.74, 6) is -9.01. The summed E-state index contributed by atoms with van der Waals surface area (Å²) in [4.78, 5) is 0. The molecule has 0 bridgehead atoms. The number of alkyl halides is 4. The Morgan fingerprint density at radius 2 is 1.91 bits per heavy atom. The van der Waals surface area contributed by atoms with Gasteiger partial charge in [-0.25, -0.2) is 0 Å². The zero-order valence-electron chi connectivity index (χ0n) is 12.9. The van der Waals surface area contributed by atoms with Crippen LogP contribution >= 0.6 is 0 Å². The lowest BCUT2D eigenvalue weighted by molar-refractivity contribution is -0.186. The molecule has 2 nitrogen and oxygen atoms in total. The molecule has 2 rings (SSSR count). The summed E-state index contributed by atoms with van der Waals surface area (Å²) in [5, 5.41) is 0. The predicted molar refractivity (Wildman–Crippen MR) is 75.1 cm³/mol. The van der Waals surface area contributed by atoms with Crippen LogP contribution < -0.4 is 0 Å². The summed E-state index contributed by atoms with van der Waals surface area (Å²) in [6.07, 6.45) is 3.90. The smallest absolute Gasteiger partial charge is 0.369 e. The van der Waals surface area contributed by atoms with Crippen molar-refractivity contribution < 1.29 is 27.0 Å². The highest BCUT2D eigenvalue weighted by Gasteiger charge is 2.63. The van der Waals surface area contributed by atoms with Crippen molar-refractivity contribution >= 4 is 0 Å². The van der Waals surface area contributed by atoms with E-state index in [-0.39, 0.29) is 19.1 Å². The van der Waals surface area contributed by atoms with Crippen molar-refractivity contribution in [2.24, 2.45) is 5.92 Å². The molecule has 1 aliphatic heterocycles. The molecule has 0 saturated carbocycles. The monoisotopic (exact) mass is 322 g/mol. The molecule has 1 fully saturated rings. The molecule has 1 heterocycles. The summed E-state index contributed by atoms with van der Waals surface area (Å²) in [6.45, 7) is 4.07. The number of hydrogen-bond donors (Lipinski definition) is 0. The molecule has 2 atom stereocenters. The molecule has 0 aromatic carbocycles. The van der Waals surface area contributed by atoms with E-state index in [1.165, 1.54) is 6.92 Å². The van der Waals surface area contributed by atoms with Crippen molar-refractivity contribution in [3.05, 3.63) is 23.5 Å². The van der Waals surface area contributed by atoms with Crippen LogP contribution in [0.2, 0.25) is 0 Å². The third-order valence-corrected chi connectivity index (χ3v) is 4.18. The van der Waals surface area contributed by atoms with Gasteiger partial charge in [-0.3, -0.25) is 0 Å². The summed E-state index contributed by atoms with van der Waals surface area (Å²) in [5.41, 5.74) is -0.553. The highest BCUT2D eigenvalue weighted by molar-refractivity contribution is 5.35. The second kappa shape index (κ2) is 6.60. The standard InChI is InChI=1S/C16H22F4O2/c1-3-21-14-9-6-12(15(17,18)16(14,19)20)5-8-13-7-4-11(2)10-22-13/h6,9,11,13H,3-5,7-8,10H2,1-2H3. The van der Waals surface area contributed by atoms with Gasteiger partial charge in [-0.05, 0) is 44.6 Å². The van der Waals surface area contributed by atoms with Crippen LogP contribution in [0.5, 0.6) is 0 Å². The van der Waals surface area contributed by atoms with Crippen molar-refractivity contribution in [2.45, 2.75) is 57.5 Å². The average Bonchev–Trinajstić information content (AvgIpc) is 2.46. The first kappa shape index (κ1) is 17.3. The Morgan fingerprint density at radius 3 is 2.50 bits per heavy atom. The second-order valence-corrected chi connectivity index (χ2v) is 5.98. The van der Waals surface area contributed by atoms with Gasteiger partial charge >= 0.3 is 11.8 Å². The molecule has 0 N–H and O–H groups in total. The van der Waals surface area contributed by atoms with E-state index >= 15 is 0 Å². The molecular weight excluding hydrogens is 300 g/mol. The number of allylic oxidation sites excluding steroid dienone is 4. The van der Waals surface area contributed by atoms with Crippen LogP contribution in [0.4, 0.5) is 17.6 Å². The SMILES string of the molecule is CCOC1=CC=C(CCC2CCC(C)CO2)C(F)(F)C1(F)F. The van der Waals surface area contributed by atoms with Crippen molar-refractivity contribution in [3.8, 4) is 0 Å². The van der Waals surface area contributed by atoms with E-state index in [2.05, 4.69) is 11.7 Å². The average molecular weight is 322 g/mol. The highest BCUT2D eigenvalue weighted by Crippen LogP contribution is 2.49. The number of ether oxygens (including phenoxy) is 2. The Kier molecular flexibility index (Phi) is 5.20. The molecule has 6 heteroatoms. The lowest BCUT2D eigenvalue weighted by atomic mass is 9.89. The topological polar surface area (TPSA) is 18.5 Å². The predicted octanol–water partition coefficient (Wildman–Crippen LogP) is 4.71. The quantitative estimate of drug-likeness (QED) is 0.682. The summed E-state index contributed by atoms with van der Waals surface area (Å²) in [6, 6.07) is 0. The van der Waals surface area contributed by atoms with Gasteiger partial charge in [0.25, 0.3) is 0 Å². The van der Waals surface area contributed by atoms with Gasteiger partial charge in [-0.15, -0.1) is 0 Å². The van der Waals surface area contributed by atoms with Crippen LogP contribution in [0.25, 0.3) is 0 Å². The Hall–Kier alpha value is -1.04. The molecule has 2 aliphatic rings. The number of halogens is 4. The summed E-state index contributed by atoms with van der Waals surface area (Å²) < 4.78 is 66.1. The van der Waals surface area contributed by atoms with Crippen molar-refractivity contribution in [2.75, 3.05) is 13.2 Å². The summed E-state index contributed by atoms with van der Waals surface area (Å²) in [7, 11) is 0. The molecular formula is C16H22F4O2. The minimum Gasteiger partial charge on any atom is -0.492 e. The first-order chi connectivity index (χ1) is 10.3. The summed E-state index contributed by atoms with van der Waals surface area (Å²) >= 11 is 0. The maximum atomic E-state index is 14.1. The largest absolute Gasteiger partial charge is 0.492 e. The third kappa shape index (κ3) is 3.31. The van der Waals surface area contributed by atoms with E-state index in [1.807, 2.05) is 0 Å². The van der Waals surface area contributed by atoms with Gasteiger partial charge in [-0.2, -0.15) is 17.6 Å². The van der Waals surface area contributed by atoms with Crippen molar-refractivity contribution in [1.29, 1.82) is 0 Å². The van der Waals surface area contributed by atoms with Gasteiger partial charge in [-0.1, -0.05) is 13.0 Å². The van der Waals surface area contributed by atoms with Gasteiger partial charge < -0.3 is 9.47 Å². The van der Waals surface area contributed by atoms with Gasteiger partial charge in [0.15, 0.2) is 5.76 Å². The Balaban J connectivity index is 2.03. The van der Waals surface area contributed by atoms with Crippen LogP contribution in [-0.4, -0.2) is 31.2 Å². The van der Waals surface area contributed by atoms with Gasteiger partial charge in [0.2, 0.25) is 0 Å². The minimum atomic E-state index is -4.30. The van der Waals surface area contributed by atoms with Crippen LogP contribution in [0.3, 0.4) is 0 Å². The van der Waals surface area contributed by atoms with Crippen molar-refractivity contribution in [1.82, 2.24) is 0 Å². The first-order valence-corrected chi connectivity index (χ1v) is 7.70. The lowest BCUT2D eigenvalue weighted by Gasteiger charge is -2.33. The normalized spacial score (nSPS) is 30.5. The van der Waals surface area contributed by atoms with E-state index in [4.69, 9.17) is 4.74 Å². The van der Waals surface area contributed by atoms with Crippen LogP contribution in [0, 0.1) is 5.92 Å². The van der Waals surface area contributed by atoms with E-state index in [1.54, 1.807) is 0 Å². The van der Waals surface area contributed by atoms with Gasteiger partial charge in [0.1, 0.15) is 0 Å². The Labute approximate surface area is 128 Å². The van der Waals surface area contributed by atoms with Crippen LogP contribution in [0.1, 0.15) is 39.5 Å². The maximum absolute atomic E-state index is 14.1. The molecule has 0 aromatic rings. The lowest BCUT2D eigenvalue weighted by Crippen LogP contribution is -2.46. The van der Waals surface area contributed by atoms with E-state index in [0.29, 0.717) is 18.9 Å². The van der Waals surface area contributed by atoms with Crippen LogP contribution in [-0.2, 0) is 9.47 Å². The molecule has 0 aromatic heterocycles. The van der Waals surface area contributed by atoms with E-state index < -0.39 is 23.2 Å². The molecule has 2 unspecified atom stereocenters. The molecule has 0 spiro atoms. The number of hydrogen-bond acceptors (Lipinski definition) is 2. The minimum absolute atomic E-state index is 0.0746. The molecule has 0 radical (unpaired) electrons. The maximum Gasteiger partial charge on any atom is 0.369 e. The zero-order valence-corrected chi connectivity index (χ0v) is 12.9. The van der Waals surface area contributed by atoms with E-state index in [9.17, 15) is 17.6 Å². The fraction of sp³-hybridized carbons (Fsp3) is 0.750. The van der Waals surface area contributed by atoms with E-state index in [0.717, 1.165) is 25.0 Å².